The van der Waals surface area contributed by atoms with Crippen LogP contribution in [0.3, 0.4) is 0 Å². The molecule has 0 aliphatic carbocycles. The maximum absolute atomic E-state index is 10.7. The fourth-order valence-corrected chi connectivity index (χ4v) is 1.85. The van der Waals surface area contributed by atoms with Crippen LogP contribution in [-0.4, -0.2) is 28.6 Å². The van der Waals surface area contributed by atoms with Gasteiger partial charge in [0.15, 0.2) is 0 Å². The summed E-state index contributed by atoms with van der Waals surface area (Å²) in [7, 11) is 0. The second-order valence-corrected chi connectivity index (χ2v) is 4.11. The van der Waals surface area contributed by atoms with Crippen LogP contribution in [0, 0.1) is 0 Å². The van der Waals surface area contributed by atoms with Crippen LogP contribution in [0.4, 0.5) is 0 Å². The van der Waals surface area contributed by atoms with Gasteiger partial charge in [0.2, 0.25) is 0 Å². The largest absolute Gasteiger partial charge is 0.460 e. The molecule has 0 bridgehead atoms. The van der Waals surface area contributed by atoms with Crippen molar-refractivity contribution in [3.8, 4) is 0 Å². The molecule has 1 saturated heterocycles. The van der Waals surface area contributed by atoms with Crippen molar-refractivity contribution in [2.45, 2.75) is 44.3 Å². The van der Waals surface area contributed by atoms with Crippen LogP contribution in [0.15, 0.2) is 0 Å². The summed E-state index contributed by atoms with van der Waals surface area (Å²) in [5, 5.41) is 10.6. The summed E-state index contributed by atoms with van der Waals surface area (Å²) >= 11 is 3.33. The minimum Gasteiger partial charge on any atom is -0.460 e. The lowest BCUT2D eigenvalue weighted by Crippen LogP contribution is -2.25. The van der Waals surface area contributed by atoms with Crippen molar-refractivity contribution in [2.75, 3.05) is 5.33 Å². The molecule has 0 aromatic heterocycles. The molecule has 0 saturated carbocycles. The fourth-order valence-electron chi connectivity index (χ4n) is 1.45. The summed E-state index contributed by atoms with van der Waals surface area (Å²) in [6, 6.07) is 0. The summed E-state index contributed by atoms with van der Waals surface area (Å²) in [5.41, 5.74) is 0. The Labute approximate surface area is 86.6 Å². The van der Waals surface area contributed by atoms with E-state index in [1.165, 1.54) is 0 Å². The molecule has 1 aliphatic heterocycles. The molecule has 0 aromatic carbocycles. The zero-order valence-electron chi connectivity index (χ0n) is 7.54. The highest BCUT2D eigenvalue weighted by molar-refractivity contribution is 9.09. The number of carbonyl (C=O) groups is 1. The second kappa shape index (κ2) is 5.60. The first-order valence-electron chi connectivity index (χ1n) is 4.67. The number of cyclic esters (lactones) is 1. The number of aliphatic hydroxyl groups is 1. The van der Waals surface area contributed by atoms with Crippen molar-refractivity contribution in [1.29, 1.82) is 0 Å². The summed E-state index contributed by atoms with van der Waals surface area (Å²) in [4.78, 5) is 10.7. The van der Waals surface area contributed by atoms with Gasteiger partial charge in [0.05, 0.1) is 6.10 Å². The number of hydrogen-bond donors (Lipinski definition) is 1. The van der Waals surface area contributed by atoms with Gasteiger partial charge in [-0.2, -0.15) is 0 Å². The van der Waals surface area contributed by atoms with Crippen molar-refractivity contribution in [1.82, 2.24) is 0 Å². The number of rotatable bonds is 5. The van der Waals surface area contributed by atoms with Crippen LogP contribution in [0.5, 0.6) is 0 Å². The minimum absolute atomic E-state index is 0.176. The molecule has 1 fully saturated rings. The molecule has 1 heterocycles. The number of alkyl halides is 1. The maximum atomic E-state index is 10.7. The van der Waals surface area contributed by atoms with Gasteiger partial charge >= 0.3 is 5.97 Å². The van der Waals surface area contributed by atoms with Gasteiger partial charge in [0, 0.05) is 11.8 Å². The summed E-state index contributed by atoms with van der Waals surface area (Å²) < 4.78 is 4.95. The molecule has 0 aromatic rings. The van der Waals surface area contributed by atoms with E-state index in [0.717, 1.165) is 24.6 Å². The Morgan fingerprint density at radius 1 is 1.62 bits per heavy atom. The molecule has 76 valence electrons. The minimum atomic E-state index is -0.467. The Balaban J connectivity index is 2.15. The van der Waals surface area contributed by atoms with E-state index in [2.05, 4.69) is 15.9 Å². The molecule has 1 N–H and O–H groups in total. The van der Waals surface area contributed by atoms with Crippen LogP contribution in [0.1, 0.15) is 32.1 Å². The maximum Gasteiger partial charge on any atom is 0.306 e. The zero-order chi connectivity index (χ0) is 9.68. The van der Waals surface area contributed by atoms with Crippen molar-refractivity contribution in [3.63, 3.8) is 0 Å². The summed E-state index contributed by atoms with van der Waals surface area (Å²) in [6.45, 7) is 0. The SMILES string of the molecule is O=C1CC[C@@H]([C@@H](O)CCCCBr)O1. The van der Waals surface area contributed by atoms with Gasteiger partial charge in [-0.1, -0.05) is 15.9 Å². The van der Waals surface area contributed by atoms with Crippen LogP contribution in [0.25, 0.3) is 0 Å². The van der Waals surface area contributed by atoms with E-state index in [0.29, 0.717) is 12.8 Å². The van der Waals surface area contributed by atoms with Crippen LogP contribution in [0.2, 0.25) is 0 Å². The Bertz CT molecular complexity index is 172. The van der Waals surface area contributed by atoms with Gasteiger partial charge in [-0.3, -0.25) is 4.79 Å². The Hall–Kier alpha value is -0.0900. The molecule has 2 atom stereocenters. The van der Waals surface area contributed by atoms with E-state index in [1.54, 1.807) is 0 Å². The van der Waals surface area contributed by atoms with E-state index < -0.39 is 6.10 Å². The first-order valence-corrected chi connectivity index (χ1v) is 5.79. The molecule has 1 rings (SSSR count). The van der Waals surface area contributed by atoms with Crippen LogP contribution < -0.4 is 0 Å². The van der Waals surface area contributed by atoms with Gasteiger partial charge in [-0.05, 0) is 25.7 Å². The van der Waals surface area contributed by atoms with Gasteiger partial charge in [0.25, 0.3) is 0 Å². The van der Waals surface area contributed by atoms with E-state index >= 15 is 0 Å². The monoisotopic (exact) mass is 250 g/mol. The first kappa shape index (κ1) is 11.0. The second-order valence-electron chi connectivity index (χ2n) is 3.32. The predicted octanol–water partition coefficient (Wildman–Crippen LogP) is 1.62. The molecular weight excluding hydrogens is 236 g/mol. The lowest BCUT2D eigenvalue weighted by Gasteiger charge is -2.16. The quantitative estimate of drug-likeness (QED) is 0.459. The van der Waals surface area contributed by atoms with Gasteiger partial charge in [-0.15, -0.1) is 0 Å². The van der Waals surface area contributed by atoms with Crippen molar-refractivity contribution in [2.24, 2.45) is 0 Å². The molecule has 0 amide bonds. The molecule has 0 radical (unpaired) electrons. The highest BCUT2D eigenvalue weighted by atomic mass is 79.9. The number of halogens is 1. The number of unbranched alkanes of at least 4 members (excludes halogenated alkanes) is 1. The highest BCUT2D eigenvalue weighted by Gasteiger charge is 2.29. The molecule has 0 unspecified atom stereocenters. The third kappa shape index (κ3) is 3.65. The average Bonchev–Trinajstić information content (AvgIpc) is 2.52. The third-order valence-corrected chi connectivity index (χ3v) is 2.79. The lowest BCUT2D eigenvalue weighted by molar-refractivity contribution is -0.145. The number of carbonyl (C=O) groups excluding carboxylic acids is 1. The summed E-state index contributed by atoms with van der Waals surface area (Å²) in [5.74, 6) is -0.176. The lowest BCUT2D eigenvalue weighted by atomic mass is 10.1. The molecule has 1 aliphatic rings. The van der Waals surface area contributed by atoms with E-state index in [1.807, 2.05) is 0 Å². The van der Waals surface area contributed by atoms with Gasteiger partial charge in [-0.25, -0.2) is 0 Å². The molecule has 3 nitrogen and oxygen atoms in total. The molecule has 0 spiro atoms. The number of esters is 1. The Kier molecular flexibility index (Phi) is 4.73. The van der Waals surface area contributed by atoms with Crippen molar-refractivity contribution < 1.29 is 14.6 Å². The van der Waals surface area contributed by atoms with Crippen molar-refractivity contribution in [3.05, 3.63) is 0 Å². The van der Waals surface area contributed by atoms with Gasteiger partial charge in [0.1, 0.15) is 6.10 Å². The number of hydrogen-bond acceptors (Lipinski definition) is 3. The topological polar surface area (TPSA) is 46.5 Å². The van der Waals surface area contributed by atoms with Crippen LogP contribution in [-0.2, 0) is 9.53 Å². The summed E-state index contributed by atoms with van der Waals surface area (Å²) in [6.07, 6.45) is 3.17. The average molecular weight is 251 g/mol. The van der Waals surface area contributed by atoms with Gasteiger partial charge < -0.3 is 9.84 Å². The predicted molar refractivity (Wildman–Crippen MR) is 52.8 cm³/mol. The third-order valence-electron chi connectivity index (χ3n) is 2.23. The standard InChI is InChI=1S/C9H15BrO3/c10-6-2-1-3-7(11)8-4-5-9(12)13-8/h7-8,11H,1-6H2/t7-,8-/m0/s1. The molecule has 4 heteroatoms. The van der Waals surface area contributed by atoms with E-state index in [9.17, 15) is 9.90 Å². The number of aliphatic hydroxyl groups excluding tert-OH is 1. The van der Waals surface area contributed by atoms with E-state index in [-0.39, 0.29) is 12.1 Å². The first-order chi connectivity index (χ1) is 6.24. The molecular formula is C9H15BrO3. The Morgan fingerprint density at radius 3 is 2.92 bits per heavy atom. The highest BCUT2D eigenvalue weighted by Crippen LogP contribution is 2.20. The zero-order valence-corrected chi connectivity index (χ0v) is 9.13. The van der Waals surface area contributed by atoms with E-state index in [4.69, 9.17) is 4.74 Å². The molecule has 13 heavy (non-hydrogen) atoms. The smallest absolute Gasteiger partial charge is 0.306 e. The van der Waals surface area contributed by atoms with Crippen LogP contribution >= 0.6 is 15.9 Å². The Morgan fingerprint density at radius 2 is 2.38 bits per heavy atom. The van der Waals surface area contributed by atoms with Crippen molar-refractivity contribution >= 4 is 21.9 Å². The normalized spacial score (nSPS) is 24.5. The fraction of sp³-hybridized carbons (Fsp3) is 0.889. The number of ether oxygens (including phenoxy) is 1.